The summed E-state index contributed by atoms with van der Waals surface area (Å²) in [6, 6.07) is 22.0. The summed E-state index contributed by atoms with van der Waals surface area (Å²) in [5, 5.41) is 13.1. The molecule has 2 atom stereocenters. The number of aliphatic hydroxyl groups excluding tert-OH is 1. The van der Waals surface area contributed by atoms with Crippen molar-refractivity contribution >= 4 is 12.1 Å². The van der Waals surface area contributed by atoms with Crippen molar-refractivity contribution in [2.75, 3.05) is 6.61 Å². The zero-order valence-electron chi connectivity index (χ0n) is 21.6. The van der Waals surface area contributed by atoms with Crippen LogP contribution in [0.3, 0.4) is 0 Å². The Hall–Kier alpha value is -4.77. The van der Waals surface area contributed by atoms with Crippen molar-refractivity contribution in [3.63, 3.8) is 0 Å². The second kappa shape index (κ2) is 12.0. The van der Waals surface area contributed by atoms with E-state index in [1.54, 1.807) is 30.3 Å². The molecule has 0 unspecified atom stereocenters. The van der Waals surface area contributed by atoms with E-state index in [1.165, 1.54) is 0 Å². The number of benzene rings is 4. The minimum atomic E-state index is -2.44. The van der Waals surface area contributed by atoms with E-state index in [9.17, 15) is 36.6 Å². The van der Waals surface area contributed by atoms with E-state index >= 15 is 0 Å². The summed E-state index contributed by atoms with van der Waals surface area (Å²) in [5.74, 6) is -15.8. The molecular weight excluding hydrogens is 561 g/mol. The highest BCUT2D eigenvalue weighted by atomic mass is 19.2. The predicted octanol–water partition coefficient (Wildman–Crippen LogP) is 5.80. The van der Waals surface area contributed by atoms with Crippen molar-refractivity contribution < 1.29 is 46.1 Å². The van der Waals surface area contributed by atoms with Gasteiger partial charge in [-0.15, -0.1) is 0 Å². The van der Waals surface area contributed by atoms with Crippen molar-refractivity contribution in [3.8, 4) is 16.9 Å². The Morgan fingerprint density at radius 3 is 1.81 bits per heavy atom. The Bertz CT molecular complexity index is 1570. The first-order valence-corrected chi connectivity index (χ1v) is 12.7. The van der Waals surface area contributed by atoms with Crippen molar-refractivity contribution in [1.82, 2.24) is 5.32 Å². The van der Waals surface area contributed by atoms with E-state index in [0.717, 1.165) is 22.3 Å². The fourth-order valence-electron chi connectivity index (χ4n) is 4.90. The second-order valence-corrected chi connectivity index (χ2v) is 9.53. The topological polar surface area (TPSA) is 84.9 Å². The SMILES string of the molecule is O=C(N[C@H](Cc1ccccc1)[C@H](O)C(=O)Oc1c(F)c(F)c(F)c(F)c1F)OCC1c2ccccc2-c2ccccc21. The minimum Gasteiger partial charge on any atom is -0.449 e. The molecule has 42 heavy (non-hydrogen) atoms. The Morgan fingerprint density at radius 2 is 1.24 bits per heavy atom. The Balaban J connectivity index is 1.33. The van der Waals surface area contributed by atoms with Crippen molar-refractivity contribution in [2.45, 2.75) is 24.5 Å². The zero-order chi connectivity index (χ0) is 30.0. The molecule has 0 spiro atoms. The average molecular weight is 584 g/mol. The molecule has 0 fully saturated rings. The average Bonchev–Trinajstić information content (AvgIpc) is 3.33. The third-order valence-electron chi connectivity index (χ3n) is 6.94. The highest BCUT2D eigenvalue weighted by Crippen LogP contribution is 2.44. The Kier molecular flexibility index (Phi) is 8.21. The van der Waals surface area contributed by atoms with Gasteiger partial charge in [0.05, 0.1) is 6.04 Å². The van der Waals surface area contributed by atoms with E-state index in [-0.39, 0.29) is 18.9 Å². The van der Waals surface area contributed by atoms with Crippen molar-refractivity contribution in [3.05, 3.63) is 125 Å². The van der Waals surface area contributed by atoms with Gasteiger partial charge in [0, 0.05) is 5.92 Å². The Labute approximate surface area is 236 Å². The number of hydrogen-bond donors (Lipinski definition) is 2. The first-order chi connectivity index (χ1) is 20.2. The number of rotatable bonds is 8. The number of amides is 1. The molecule has 0 heterocycles. The maximum absolute atomic E-state index is 14.1. The van der Waals surface area contributed by atoms with Gasteiger partial charge in [-0.3, -0.25) is 0 Å². The van der Waals surface area contributed by atoms with Crippen LogP contribution in [0.4, 0.5) is 26.7 Å². The van der Waals surface area contributed by atoms with Crippen LogP contribution < -0.4 is 10.1 Å². The van der Waals surface area contributed by atoms with E-state index in [4.69, 9.17) is 4.74 Å². The van der Waals surface area contributed by atoms with Gasteiger partial charge in [-0.1, -0.05) is 78.9 Å². The third-order valence-corrected chi connectivity index (χ3v) is 6.94. The van der Waals surface area contributed by atoms with Crippen molar-refractivity contribution in [1.29, 1.82) is 0 Å². The summed E-state index contributed by atoms with van der Waals surface area (Å²) < 4.78 is 78.6. The standard InChI is InChI=1S/C31H22F5NO5/c32-23-24(33)26(35)29(27(36)25(23)34)42-30(39)28(38)22(14-16-8-2-1-3-9-16)37-31(40)41-15-21-19-12-6-4-10-17(19)18-11-5-7-13-20(18)21/h1-13,21-22,28,38H,14-15H2,(H,37,40)/t22-,28+/m1/s1. The van der Waals surface area contributed by atoms with Gasteiger partial charge in [0.25, 0.3) is 0 Å². The maximum atomic E-state index is 14.1. The minimum absolute atomic E-state index is 0.0942. The normalized spacial score (nSPS) is 13.6. The molecule has 4 aromatic rings. The van der Waals surface area contributed by atoms with Gasteiger partial charge in [0.1, 0.15) is 6.61 Å². The molecule has 0 radical (unpaired) electrons. The number of esters is 1. The number of alkyl carbamates (subject to hydrolysis) is 1. The number of carbonyl (C=O) groups excluding carboxylic acids is 2. The molecule has 0 aliphatic heterocycles. The summed E-state index contributed by atoms with van der Waals surface area (Å²) in [7, 11) is 0. The van der Waals surface area contributed by atoms with Gasteiger partial charge in [0.15, 0.2) is 6.10 Å². The predicted molar refractivity (Wildman–Crippen MR) is 140 cm³/mol. The van der Waals surface area contributed by atoms with Crippen LogP contribution >= 0.6 is 0 Å². The molecule has 216 valence electrons. The molecule has 4 aromatic carbocycles. The molecule has 1 aliphatic rings. The van der Waals surface area contributed by atoms with Crippen LogP contribution in [-0.2, 0) is 16.0 Å². The molecule has 11 heteroatoms. The Morgan fingerprint density at radius 1 is 0.738 bits per heavy atom. The maximum Gasteiger partial charge on any atom is 0.407 e. The van der Waals surface area contributed by atoms with Gasteiger partial charge in [-0.2, -0.15) is 8.78 Å². The first kappa shape index (κ1) is 28.7. The molecule has 1 aliphatic carbocycles. The summed E-state index contributed by atoms with van der Waals surface area (Å²) in [5.41, 5.74) is 4.41. The highest BCUT2D eigenvalue weighted by molar-refractivity contribution is 5.80. The second-order valence-electron chi connectivity index (χ2n) is 9.53. The van der Waals surface area contributed by atoms with Gasteiger partial charge in [-0.25, -0.2) is 22.8 Å². The zero-order valence-corrected chi connectivity index (χ0v) is 21.6. The number of ether oxygens (including phenoxy) is 2. The van der Waals surface area contributed by atoms with Crippen LogP contribution in [0.25, 0.3) is 11.1 Å². The van der Waals surface area contributed by atoms with Crippen LogP contribution in [-0.4, -0.2) is 35.9 Å². The molecule has 0 bridgehead atoms. The smallest absolute Gasteiger partial charge is 0.407 e. The van der Waals surface area contributed by atoms with Crippen LogP contribution in [0, 0.1) is 29.1 Å². The molecule has 0 saturated carbocycles. The molecule has 1 amide bonds. The third kappa shape index (κ3) is 5.55. The lowest BCUT2D eigenvalue weighted by atomic mass is 9.98. The van der Waals surface area contributed by atoms with Crippen LogP contribution in [0.5, 0.6) is 5.75 Å². The summed E-state index contributed by atoms with van der Waals surface area (Å²) in [4.78, 5) is 25.5. The van der Waals surface area contributed by atoms with Crippen LogP contribution in [0.15, 0.2) is 78.9 Å². The molecule has 5 rings (SSSR count). The van der Waals surface area contributed by atoms with Gasteiger partial charge >= 0.3 is 12.1 Å². The monoisotopic (exact) mass is 583 g/mol. The molecule has 2 N–H and O–H groups in total. The lowest BCUT2D eigenvalue weighted by molar-refractivity contribution is -0.145. The number of nitrogens with one attached hydrogen (secondary N) is 1. The van der Waals surface area contributed by atoms with E-state index in [0.29, 0.717) is 5.56 Å². The fraction of sp³-hybridized carbons (Fsp3) is 0.161. The first-order valence-electron chi connectivity index (χ1n) is 12.7. The van der Waals surface area contributed by atoms with Crippen LogP contribution in [0.1, 0.15) is 22.6 Å². The van der Waals surface area contributed by atoms with Gasteiger partial charge in [0.2, 0.25) is 34.8 Å². The lowest BCUT2D eigenvalue weighted by Gasteiger charge is -2.23. The fourth-order valence-corrected chi connectivity index (χ4v) is 4.90. The van der Waals surface area contributed by atoms with Crippen LogP contribution in [0.2, 0.25) is 0 Å². The van der Waals surface area contributed by atoms with E-state index < -0.39 is 59.0 Å². The lowest BCUT2D eigenvalue weighted by Crippen LogP contribution is -2.50. The summed E-state index contributed by atoms with van der Waals surface area (Å²) in [6.45, 7) is -0.0942. The summed E-state index contributed by atoms with van der Waals surface area (Å²) in [6.07, 6.45) is -3.50. The summed E-state index contributed by atoms with van der Waals surface area (Å²) >= 11 is 0. The number of aliphatic hydroxyl groups is 1. The molecular formula is C31H22F5NO5. The largest absolute Gasteiger partial charge is 0.449 e. The number of hydrogen-bond acceptors (Lipinski definition) is 5. The number of carbonyl (C=O) groups is 2. The quantitative estimate of drug-likeness (QED) is 0.0901. The number of fused-ring (bicyclic) bond motifs is 3. The van der Waals surface area contributed by atoms with E-state index in [1.807, 2.05) is 48.5 Å². The van der Waals surface area contributed by atoms with E-state index in [2.05, 4.69) is 10.1 Å². The highest BCUT2D eigenvalue weighted by Gasteiger charge is 2.35. The molecule has 6 nitrogen and oxygen atoms in total. The number of halogens is 5. The van der Waals surface area contributed by atoms with Crippen molar-refractivity contribution in [2.24, 2.45) is 0 Å². The van der Waals surface area contributed by atoms with Gasteiger partial charge in [-0.05, 0) is 34.2 Å². The molecule has 0 saturated heterocycles. The molecule has 0 aromatic heterocycles. The van der Waals surface area contributed by atoms with Gasteiger partial charge < -0.3 is 19.9 Å².